The molecule has 0 bridgehead atoms. The maximum absolute atomic E-state index is 13.8. The molecular weight excluding hydrogens is 335 g/mol. The predicted molar refractivity (Wildman–Crippen MR) is 88.5 cm³/mol. The van der Waals surface area contributed by atoms with Gasteiger partial charge in [-0.25, -0.2) is 9.18 Å². The molecule has 0 spiro atoms. The Morgan fingerprint density at radius 2 is 2.00 bits per heavy atom. The van der Waals surface area contributed by atoms with E-state index in [9.17, 15) is 18.8 Å². The number of hydrogen-bond acceptors (Lipinski definition) is 5. The fourth-order valence-corrected chi connectivity index (χ4v) is 3.14. The van der Waals surface area contributed by atoms with Crippen LogP contribution in [0.4, 0.5) is 4.39 Å². The van der Waals surface area contributed by atoms with Crippen LogP contribution in [0.15, 0.2) is 18.2 Å². The zero-order valence-electron chi connectivity index (χ0n) is 13.5. The fourth-order valence-electron chi connectivity index (χ4n) is 2.03. The summed E-state index contributed by atoms with van der Waals surface area (Å²) in [5.74, 6) is -1.95. The number of benzene rings is 1. The molecule has 0 aliphatic carbocycles. The van der Waals surface area contributed by atoms with Gasteiger partial charge in [0.2, 0.25) is 5.91 Å². The number of nitrogens with zero attached hydrogens (tertiary/aromatic N) is 1. The zero-order valence-corrected chi connectivity index (χ0v) is 14.3. The Labute approximate surface area is 142 Å². The van der Waals surface area contributed by atoms with Gasteiger partial charge in [-0.05, 0) is 24.6 Å². The topological polar surface area (TPSA) is 75.7 Å². The first kappa shape index (κ1) is 17.9. The number of likely N-dealkylation sites (N-methyl/N-ethyl adjacent to an activating group) is 1. The third-order valence-corrected chi connectivity index (χ3v) is 4.60. The van der Waals surface area contributed by atoms with Crippen molar-refractivity contribution < 1.29 is 23.5 Å². The van der Waals surface area contributed by atoms with Crippen molar-refractivity contribution in [3.05, 3.63) is 34.5 Å². The first-order chi connectivity index (χ1) is 11.3. The van der Waals surface area contributed by atoms with Crippen molar-refractivity contribution in [3.8, 4) is 0 Å². The van der Waals surface area contributed by atoms with Gasteiger partial charge in [-0.2, -0.15) is 0 Å². The van der Waals surface area contributed by atoms with Gasteiger partial charge in [-0.1, -0.05) is 6.07 Å². The second kappa shape index (κ2) is 7.39. The highest BCUT2D eigenvalue weighted by Crippen LogP contribution is 2.32. The second-order valence-corrected chi connectivity index (χ2v) is 6.36. The van der Waals surface area contributed by atoms with Crippen molar-refractivity contribution in [2.24, 2.45) is 0 Å². The number of nitrogens with one attached hydrogen (secondary N) is 1. The van der Waals surface area contributed by atoms with Crippen LogP contribution < -0.4 is 5.32 Å². The summed E-state index contributed by atoms with van der Waals surface area (Å²) < 4.78 is 19.4. The monoisotopic (exact) mass is 352 g/mol. The average molecular weight is 352 g/mol. The molecule has 0 radical (unpaired) electrons. The first-order valence-corrected chi connectivity index (χ1v) is 7.94. The number of carbonyl (C=O) groups excluding carboxylic acids is 3. The highest BCUT2D eigenvalue weighted by atomic mass is 32.1. The summed E-state index contributed by atoms with van der Waals surface area (Å²) in [7, 11) is 3.13. The number of hydrogen-bond donors (Lipinski definition) is 1. The van der Waals surface area contributed by atoms with Gasteiger partial charge in [0.05, 0.1) is 6.54 Å². The van der Waals surface area contributed by atoms with E-state index in [0.29, 0.717) is 15.6 Å². The summed E-state index contributed by atoms with van der Waals surface area (Å²) in [5.41, 5.74) is 0.487. The minimum absolute atomic E-state index is 0.170. The molecule has 24 heavy (non-hydrogen) atoms. The summed E-state index contributed by atoms with van der Waals surface area (Å²) in [4.78, 5) is 36.7. The Bertz CT molecular complexity index is 801. The molecule has 0 atom stereocenters. The summed E-state index contributed by atoms with van der Waals surface area (Å²) >= 11 is 1.11. The molecule has 2 rings (SSSR count). The van der Waals surface area contributed by atoms with E-state index in [4.69, 9.17) is 4.74 Å². The van der Waals surface area contributed by atoms with E-state index in [-0.39, 0.29) is 17.3 Å². The van der Waals surface area contributed by atoms with Crippen molar-refractivity contribution in [3.63, 3.8) is 0 Å². The van der Waals surface area contributed by atoms with Gasteiger partial charge in [0.15, 0.2) is 6.61 Å². The van der Waals surface area contributed by atoms with Gasteiger partial charge in [0, 0.05) is 24.2 Å². The smallest absolute Gasteiger partial charge is 0.349 e. The van der Waals surface area contributed by atoms with Gasteiger partial charge >= 0.3 is 5.97 Å². The number of fused-ring (bicyclic) bond motifs is 1. The number of amides is 2. The van der Waals surface area contributed by atoms with Crippen LogP contribution in [0.3, 0.4) is 0 Å². The lowest BCUT2D eigenvalue weighted by molar-refractivity contribution is -0.131. The minimum Gasteiger partial charge on any atom is -0.451 e. The minimum atomic E-state index is -0.692. The van der Waals surface area contributed by atoms with Crippen LogP contribution in [0.1, 0.15) is 15.2 Å². The van der Waals surface area contributed by atoms with E-state index < -0.39 is 24.3 Å². The third-order valence-electron chi connectivity index (χ3n) is 3.36. The maximum Gasteiger partial charge on any atom is 0.349 e. The number of esters is 1. The van der Waals surface area contributed by atoms with Crippen LogP contribution in [0.5, 0.6) is 0 Å². The van der Waals surface area contributed by atoms with Gasteiger partial charge in [0.1, 0.15) is 10.7 Å². The lowest BCUT2D eigenvalue weighted by Crippen LogP contribution is -2.38. The molecule has 1 heterocycles. The molecule has 2 aromatic rings. The number of ether oxygens (including phenoxy) is 1. The van der Waals surface area contributed by atoms with E-state index in [1.54, 1.807) is 33.2 Å². The lowest BCUT2D eigenvalue weighted by Gasteiger charge is -2.11. The van der Waals surface area contributed by atoms with Gasteiger partial charge in [-0.3, -0.25) is 9.59 Å². The Morgan fingerprint density at radius 3 is 2.62 bits per heavy atom. The molecule has 0 saturated carbocycles. The van der Waals surface area contributed by atoms with E-state index in [1.165, 1.54) is 11.0 Å². The molecule has 0 aliphatic rings. The quantitative estimate of drug-likeness (QED) is 0.831. The van der Waals surface area contributed by atoms with Crippen molar-refractivity contribution in [1.29, 1.82) is 0 Å². The van der Waals surface area contributed by atoms with Crippen LogP contribution in [0.2, 0.25) is 0 Å². The van der Waals surface area contributed by atoms with Crippen molar-refractivity contribution in [2.45, 2.75) is 6.92 Å². The van der Waals surface area contributed by atoms with E-state index >= 15 is 0 Å². The Kier molecular flexibility index (Phi) is 5.50. The highest BCUT2D eigenvalue weighted by molar-refractivity contribution is 7.21. The maximum atomic E-state index is 13.8. The summed E-state index contributed by atoms with van der Waals surface area (Å²) in [6.45, 7) is 0.959. The Morgan fingerprint density at radius 1 is 1.29 bits per heavy atom. The van der Waals surface area contributed by atoms with Gasteiger partial charge < -0.3 is 15.0 Å². The SMILES string of the molecule is Cc1c(C(=O)OCC(=O)NCC(=O)N(C)C)sc2cccc(F)c12. The van der Waals surface area contributed by atoms with Gasteiger partial charge in [0.25, 0.3) is 5.91 Å². The highest BCUT2D eigenvalue weighted by Gasteiger charge is 2.20. The van der Waals surface area contributed by atoms with Crippen LogP contribution in [-0.2, 0) is 14.3 Å². The lowest BCUT2D eigenvalue weighted by atomic mass is 10.1. The van der Waals surface area contributed by atoms with Crippen molar-refractivity contribution >= 4 is 39.2 Å². The number of carbonyl (C=O) groups is 3. The van der Waals surface area contributed by atoms with Crippen LogP contribution in [0.25, 0.3) is 10.1 Å². The molecule has 0 aliphatic heterocycles. The number of rotatable bonds is 5. The van der Waals surface area contributed by atoms with Crippen LogP contribution in [-0.4, -0.2) is 49.9 Å². The Balaban J connectivity index is 1.98. The molecule has 0 fully saturated rings. The molecule has 8 heteroatoms. The van der Waals surface area contributed by atoms with E-state index in [0.717, 1.165) is 11.3 Å². The second-order valence-electron chi connectivity index (χ2n) is 5.31. The average Bonchev–Trinajstić information content (AvgIpc) is 2.88. The predicted octanol–water partition coefficient (Wildman–Crippen LogP) is 1.71. The summed E-state index contributed by atoms with van der Waals surface area (Å²) in [6, 6.07) is 4.61. The molecule has 2 amide bonds. The van der Waals surface area contributed by atoms with Gasteiger partial charge in [-0.15, -0.1) is 11.3 Å². The molecule has 0 saturated heterocycles. The Hall–Kier alpha value is -2.48. The molecular formula is C16H17FN2O4S. The fraction of sp³-hybridized carbons (Fsp3) is 0.312. The van der Waals surface area contributed by atoms with Crippen molar-refractivity contribution in [1.82, 2.24) is 10.2 Å². The van der Waals surface area contributed by atoms with Crippen LogP contribution in [0, 0.1) is 12.7 Å². The standard InChI is InChI=1S/C16H17FN2O4S/c1-9-14-10(17)5-4-6-11(14)24-15(9)16(22)23-8-12(20)18-7-13(21)19(2)3/h4-6H,7-8H2,1-3H3,(H,18,20). The van der Waals surface area contributed by atoms with E-state index in [2.05, 4.69) is 5.32 Å². The third kappa shape index (κ3) is 3.88. The largest absolute Gasteiger partial charge is 0.451 e. The summed E-state index contributed by atoms with van der Waals surface area (Å²) in [6.07, 6.45) is 0. The number of thiophene rings is 1. The van der Waals surface area contributed by atoms with E-state index in [1.807, 2.05) is 0 Å². The first-order valence-electron chi connectivity index (χ1n) is 7.13. The number of halogens is 1. The molecule has 1 N–H and O–H groups in total. The van der Waals surface area contributed by atoms with Crippen molar-refractivity contribution in [2.75, 3.05) is 27.2 Å². The normalized spacial score (nSPS) is 10.5. The molecule has 128 valence electrons. The molecule has 1 aromatic carbocycles. The molecule has 6 nitrogen and oxygen atoms in total. The zero-order chi connectivity index (χ0) is 17.9. The van der Waals surface area contributed by atoms with Crippen LogP contribution >= 0.6 is 11.3 Å². The summed E-state index contributed by atoms with van der Waals surface area (Å²) in [5, 5.41) is 2.74. The number of aryl methyl sites for hydroxylation is 1. The molecule has 1 aromatic heterocycles. The molecule has 0 unspecified atom stereocenters.